The molecule has 0 saturated carbocycles. The second-order valence-electron chi connectivity index (χ2n) is 7.59. The number of pyridine rings is 1. The summed E-state index contributed by atoms with van der Waals surface area (Å²) in [5, 5.41) is 4.30. The average molecular weight is 451 g/mol. The number of carbonyl (C=O) groups excluding carboxylic acids is 1. The van der Waals surface area contributed by atoms with E-state index in [4.69, 9.17) is 14.5 Å². The second-order valence-corrected chi connectivity index (χ2v) is 7.59. The van der Waals surface area contributed by atoms with Crippen molar-refractivity contribution in [1.82, 2.24) is 19.4 Å². The highest BCUT2D eigenvalue weighted by molar-refractivity contribution is 5.96. The van der Waals surface area contributed by atoms with E-state index in [9.17, 15) is 4.79 Å². The van der Waals surface area contributed by atoms with Crippen LogP contribution in [0.5, 0.6) is 11.5 Å². The van der Waals surface area contributed by atoms with Crippen molar-refractivity contribution in [1.29, 1.82) is 0 Å². The topological polar surface area (TPSA) is 93.9 Å². The van der Waals surface area contributed by atoms with Crippen LogP contribution in [-0.4, -0.2) is 64.7 Å². The summed E-state index contributed by atoms with van der Waals surface area (Å²) in [6, 6.07) is 7.31. The molecule has 1 aromatic carbocycles. The fourth-order valence-corrected chi connectivity index (χ4v) is 3.90. The van der Waals surface area contributed by atoms with Gasteiger partial charge in [-0.25, -0.2) is 4.98 Å². The standard InChI is InChI=1S/C24H30N6O3/c1-4-29(5-2)14-15-33-19-10-9-18-20(21(19)32-6-3)27-24(30-13-12-26-22(18)30)28-23(31)17-8-7-11-25-16-17/h7-11,16,26H,4-6,12-15H2,1-3H3. The number of anilines is 1. The fraction of sp³-hybridized carbons (Fsp3) is 0.417. The summed E-state index contributed by atoms with van der Waals surface area (Å²) < 4.78 is 14.0. The van der Waals surface area contributed by atoms with Crippen LogP contribution >= 0.6 is 0 Å². The number of carbonyl (C=O) groups is 1. The third-order valence-electron chi connectivity index (χ3n) is 5.66. The van der Waals surface area contributed by atoms with Crippen molar-refractivity contribution in [2.45, 2.75) is 27.3 Å². The summed E-state index contributed by atoms with van der Waals surface area (Å²) in [5.41, 5.74) is 1.37. The molecule has 9 nitrogen and oxygen atoms in total. The number of aromatic nitrogens is 3. The molecule has 1 N–H and O–H groups in total. The van der Waals surface area contributed by atoms with Gasteiger partial charge in [0.15, 0.2) is 11.5 Å². The van der Waals surface area contributed by atoms with Crippen molar-refractivity contribution in [3.63, 3.8) is 0 Å². The molecule has 0 bridgehead atoms. The van der Waals surface area contributed by atoms with E-state index in [1.54, 1.807) is 18.3 Å². The highest BCUT2D eigenvalue weighted by Crippen LogP contribution is 2.37. The highest BCUT2D eigenvalue weighted by atomic mass is 16.5. The number of likely N-dealkylation sites (N-methyl/N-ethyl adjacent to an activating group) is 1. The molecule has 0 saturated heterocycles. The average Bonchev–Trinajstić information content (AvgIpc) is 3.34. The maximum atomic E-state index is 12.7. The largest absolute Gasteiger partial charge is 0.488 e. The molecule has 0 fully saturated rings. The molecule has 0 aliphatic carbocycles. The smallest absolute Gasteiger partial charge is 0.281 e. The third kappa shape index (κ3) is 4.83. The maximum Gasteiger partial charge on any atom is 0.281 e. The second kappa shape index (κ2) is 10.4. The van der Waals surface area contributed by atoms with Crippen molar-refractivity contribution >= 4 is 22.6 Å². The van der Waals surface area contributed by atoms with E-state index in [-0.39, 0.29) is 5.91 Å². The molecule has 1 aliphatic heterocycles. The molecule has 9 heteroatoms. The molecule has 4 rings (SSSR count). The zero-order valence-corrected chi connectivity index (χ0v) is 19.4. The van der Waals surface area contributed by atoms with Crippen LogP contribution in [0.25, 0.3) is 10.9 Å². The lowest BCUT2D eigenvalue weighted by atomic mass is 10.2. The van der Waals surface area contributed by atoms with E-state index in [1.807, 2.05) is 23.6 Å². The Hall–Kier alpha value is -3.46. The lowest BCUT2D eigenvalue weighted by Gasteiger charge is -2.19. The molecule has 3 aromatic rings. The molecule has 3 heterocycles. The minimum atomic E-state index is -0.388. The molecule has 0 unspecified atom stereocenters. The van der Waals surface area contributed by atoms with Gasteiger partial charge < -0.3 is 19.7 Å². The van der Waals surface area contributed by atoms with Crippen LogP contribution in [-0.2, 0) is 6.54 Å². The lowest BCUT2D eigenvalue weighted by molar-refractivity contribution is 0.0996. The van der Waals surface area contributed by atoms with E-state index < -0.39 is 0 Å². The SMILES string of the molecule is CCOc1c(OCCN(CC)CC)ccc2c3n(c(=NC(=O)c4cccnc4)nc12)CCN3. The molecular weight excluding hydrogens is 420 g/mol. The summed E-state index contributed by atoms with van der Waals surface area (Å²) in [5.74, 6) is 1.68. The van der Waals surface area contributed by atoms with Gasteiger partial charge in [0.05, 0.1) is 12.2 Å². The third-order valence-corrected chi connectivity index (χ3v) is 5.66. The number of hydrogen-bond acceptors (Lipinski definition) is 7. The van der Waals surface area contributed by atoms with Crippen molar-refractivity contribution < 1.29 is 14.3 Å². The summed E-state index contributed by atoms with van der Waals surface area (Å²) >= 11 is 0. The van der Waals surface area contributed by atoms with Crippen LogP contribution in [0.1, 0.15) is 31.1 Å². The molecule has 1 aliphatic rings. The Balaban J connectivity index is 1.78. The fourth-order valence-electron chi connectivity index (χ4n) is 3.90. The Labute approximate surface area is 193 Å². The van der Waals surface area contributed by atoms with Gasteiger partial charge in [0.25, 0.3) is 5.91 Å². The predicted octanol–water partition coefficient (Wildman–Crippen LogP) is 2.72. The summed E-state index contributed by atoms with van der Waals surface area (Å²) in [4.78, 5) is 28.1. The first kappa shape index (κ1) is 22.7. The van der Waals surface area contributed by atoms with Gasteiger partial charge in [-0.1, -0.05) is 13.8 Å². The van der Waals surface area contributed by atoms with Crippen LogP contribution in [0.3, 0.4) is 0 Å². The first-order valence-corrected chi connectivity index (χ1v) is 11.4. The Morgan fingerprint density at radius 3 is 2.79 bits per heavy atom. The molecule has 2 aromatic heterocycles. The van der Waals surface area contributed by atoms with Gasteiger partial charge in [-0.15, -0.1) is 0 Å². The summed E-state index contributed by atoms with van der Waals surface area (Å²) in [7, 11) is 0. The van der Waals surface area contributed by atoms with E-state index in [2.05, 4.69) is 34.0 Å². The molecule has 0 radical (unpaired) electrons. The summed E-state index contributed by atoms with van der Waals surface area (Å²) in [6.45, 7) is 11.4. The Bertz CT molecular complexity index is 1190. The van der Waals surface area contributed by atoms with Crippen molar-refractivity contribution in [3.8, 4) is 11.5 Å². The Kier molecular flexibility index (Phi) is 7.19. The molecule has 0 atom stereocenters. The highest BCUT2D eigenvalue weighted by Gasteiger charge is 2.21. The number of fused-ring (bicyclic) bond motifs is 3. The van der Waals surface area contributed by atoms with Crippen LogP contribution in [0.2, 0.25) is 0 Å². The molecular formula is C24H30N6O3. The van der Waals surface area contributed by atoms with Crippen molar-refractivity contribution in [2.24, 2.45) is 4.99 Å². The molecule has 0 spiro atoms. The van der Waals surface area contributed by atoms with E-state index >= 15 is 0 Å². The van der Waals surface area contributed by atoms with Gasteiger partial charge in [-0.3, -0.25) is 14.3 Å². The quantitative estimate of drug-likeness (QED) is 0.536. The van der Waals surface area contributed by atoms with E-state index in [0.717, 1.165) is 37.4 Å². The maximum absolute atomic E-state index is 12.7. The number of nitrogens with zero attached hydrogens (tertiary/aromatic N) is 5. The Morgan fingerprint density at radius 1 is 1.21 bits per heavy atom. The number of amides is 1. The number of ether oxygens (including phenoxy) is 2. The van der Waals surface area contributed by atoms with Crippen LogP contribution in [0.4, 0.5) is 5.82 Å². The Morgan fingerprint density at radius 2 is 2.06 bits per heavy atom. The van der Waals surface area contributed by atoms with Crippen molar-refractivity contribution in [2.75, 3.05) is 44.7 Å². The number of hydrogen-bond donors (Lipinski definition) is 1. The van der Waals surface area contributed by atoms with Gasteiger partial charge in [0, 0.05) is 37.4 Å². The zero-order valence-electron chi connectivity index (χ0n) is 19.4. The summed E-state index contributed by atoms with van der Waals surface area (Å²) in [6.07, 6.45) is 3.13. The van der Waals surface area contributed by atoms with Crippen LogP contribution in [0, 0.1) is 0 Å². The van der Waals surface area contributed by atoms with E-state index in [1.165, 1.54) is 6.20 Å². The first-order chi connectivity index (χ1) is 16.2. The zero-order chi connectivity index (χ0) is 23.2. The van der Waals surface area contributed by atoms with Gasteiger partial charge in [-0.05, 0) is 44.3 Å². The van der Waals surface area contributed by atoms with Gasteiger partial charge >= 0.3 is 0 Å². The normalized spacial score (nSPS) is 13.3. The van der Waals surface area contributed by atoms with Crippen molar-refractivity contribution in [3.05, 3.63) is 47.8 Å². The first-order valence-electron chi connectivity index (χ1n) is 11.4. The van der Waals surface area contributed by atoms with Crippen LogP contribution in [0.15, 0.2) is 41.7 Å². The number of nitrogens with one attached hydrogen (secondary N) is 1. The predicted molar refractivity (Wildman–Crippen MR) is 127 cm³/mol. The van der Waals surface area contributed by atoms with Gasteiger partial charge in [-0.2, -0.15) is 4.99 Å². The number of rotatable bonds is 9. The van der Waals surface area contributed by atoms with Gasteiger partial charge in [0.2, 0.25) is 5.62 Å². The minimum absolute atomic E-state index is 0.331. The number of benzene rings is 1. The lowest BCUT2D eigenvalue weighted by Crippen LogP contribution is -2.28. The molecule has 1 amide bonds. The minimum Gasteiger partial charge on any atom is -0.488 e. The van der Waals surface area contributed by atoms with Crippen LogP contribution < -0.4 is 20.4 Å². The molecule has 174 valence electrons. The van der Waals surface area contributed by atoms with E-state index in [0.29, 0.717) is 48.0 Å². The monoisotopic (exact) mass is 450 g/mol. The van der Waals surface area contributed by atoms with Gasteiger partial charge in [0.1, 0.15) is 17.9 Å². The molecule has 33 heavy (non-hydrogen) atoms.